The fraction of sp³-hybridized carbons (Fsp3) is 0.429. The Balaban J connectivity index is 1.64. The minimum Gasteiger partial charge on any atom is -0.330 e. The molecule has 3 aromatic rings. The van der Waals surface area contributed by atoms with Crippen molar-refractivity contribution in [1.82, 2.24) is 19.3 Å². The SMILES string of the molecule is NCCCCN(Cc1nc2ccccn2c1Br)C1CCCc2cccnc21. The fourth-order valence-corrected chi connectivity index (χ4v) is 4.57. The summed E-state index contributed by atoms with van der Waals surface area (Å²) in [6.07, 6.45) is 9.61. The van der Waals surface area contributed by atoms with Crippen LogP contribution in [0.4, 0.5) is 0 Å². The van der Waals surface area contributed by atoms with Gasteiger partial charge in [-0.15, -0.1) is 0 Å². The third-order valence-corrected chi connectivity index (χ3v) is 6.24. The number of fused-ring (bicyclic) bond motifs is 2. The van der Waals surface area contributed by atoms with Crippen molar-refractivity contribution in [3.8, 4) is 0 Å². The first-order chi connectivity index (χ1) is 13.3. The summed E-state index contributed by atoms with van der Waals surface area (Å²) in [7, 11) is 0. The molecule has 4 rings (SSSR count). The molecule has 3 aromatic heterocycles. The molecule has 0 saturated carbocycles. The number of hydrogen-bond acceptors (Lipinski definition) is 4. The molecule has 27 heavy (non-hydrogen) atoms. The molecule has 5 nitrogen and oxygen atoms in total. The first-order valence-corrected chi connectivity index (χ1v) is 10.6. The van der Waals surface area contributed by atoms with Gasteiger partial charge in [-0.05, 0) is 84.9 Å². The first-order valence-electron chi connectivity index (χ1n) is 9.77. The van der Waals surface area contributed by atoms with Crippen LogP contribution < -0.4 is 5.73 Å². The summed E-state index contributed by atoms with van der Waals surface area (Å²) < 4.78 is 3.14. The number of aromatic nitrogens is 3. The van der Waals surface area contributed by atoms with Gasteiger partial charge in [0.15, 0.2) is 0 Å². The van der Waals surface area contributed by atoms with E-state index in [1.165, 1.54) is 17.7 Å². The molecular weight excluding hydrogens is 402 g/mol. The Morgan fingerprint density at radius 2 is 2.15 bits per heavy atom. The predicted octanol–water partition coefficient (Wildman–Crippen LogP) is 4.11. The van der Waals surface area contributed by atoms with E-state index in [9.17, 15) is 0 Å². The van der Waals surface area contributed by atoms with E-state index in [0.717, 1.165) is 61.3 Å². The highest BCUT2D eigenvalue weighted by Gasteiger charge is 2.28. The lowest BCUT2D eigenvalue weighted by Crippen LogP contribution is -2.33. The highest BCUT2D eigenvalue weighted by atomic mass is 79.9. The summed E-state index contributed by atoms with van der Waals surface area (Å²) in [5.41, 5.74) is 10.4. The normalized spacial score (nSPS) is 16.8. The van der Waals surface area contributed by atoms with Gasteiger partial charge in [0, 0.05) is 18.9 Å². The molecular formula is C21H26BrN5. The largest absolute Gasteiger partial charge is 0.330 e. The van der Waals surface area contributed by atoms with E-state index in [0.29, 0.717) is 6.04 Å². The highest BCUT2D eigenvalue weighted by molar-refractivity contribution is 9.10. The van der Waals surface area contributed by atoms with Crippen molar-refractivity contribution in [3.05, 3.63) is 64.3 Å². The van der Waals surface area contributed by atoms with Gasteiger partial charge in [-0.1, -0.05) is 12.1 Å². The third kappa shape index (κ3) is 3.93. The molecule has 0 saturated heterocycles. The number of halogens is 1. The fourth-order valence-electron chi connectivity index (χ4n) is 4.05. The van der Waals surface area contributed by atoms with Crippen molar-refractivity contribution in [2.24, 2.45) is 5.73 Å². The van der Waals surface area contributed by atoms with E-state index in [4.69, 9.17) is 15.7 Å². The maximum atomic E-state index is 5.74. The second kappa shape index (κ2) is 8.50. The van der Waals surface area contributed by atoms with E-state index >= 15 is 0 Å². The summed E-state index contributed by atoms with van der Waals surface area (Å²) in [5, 5.41) is 0. The zero-order chi connectivity index (χ0) is 18.6. The Kier molecular flexibility index (Phi) is 5.86. The summed E-state index contributed by atoms with van der Waals surface area (Å²) >= 11 is 3.76. The van der Waals surface area contributed by atoms with E-state index < -0.39 is 0 Å². The van der Waals surface area contributed by atoms with Gasteiger partial charge in [0.1, 0.15) is 10.3 Å². The molecule has 1 atom stereocenters. The molecule has 0 aromatic carbocycles. The first kappa shape index (κ1) is 18.6. The van der Waals surface area contributed by atoms with Crippen molar-refractivity contribution in [2.75, 3.05) is 13.1 Å². The van der Waals surface area contributed by atoms with Gasteiger partial charge in [-0.3, -0.25) is 14.3 Å². The molecule has 2 N–H and O–H groups in total. The van der Waals surface area contributed by atoms with Gasteiger partial charge in [0.25, 0.3) is 0 Å². The Bertz CT molecular complexity index is 906. The second-order valence-electron chi connectivity index (χ2n) is 7.20. The van der Waals surface area contributed by atoms with Crippen LogP contribution in [0.25, 0.3) is 5.65 Å². The van der Waals surface area contributed by atoms with Crippen molar-refractivity contribution in [1.29, 1.82) is 0 Å². The monoisotopic (exact) mass is 427 g/mol. The Morgan fingerprint density at radius 1 is 1.22 bits per heavy atom. The highest BCUT2D eigenvalue weighted by Crippen LogP contribution is 2.34. The van der Waals surface area contributed by atoms with Crippen molar-refractivity contribution >= 4 is 21.6 Å². The average Bonchev–Trinajstić information content (AvgIpc) is 3.03. The molecule has 0 radical (unpaired) electrons. The van der Waals surface area contributed by atoms with Crippen LogP contribution in [0.3, 0.4) is 0 Å². The average molecular weight is 428 g/mol. The van der Waals surface area contributed by atoms with Crippen LogP contribution in [0.5, 0.6) is 0 Å². The second-order valence-corrected chi connectivity index (χ2v) is 7.95. The maximum Gasteiger partial charge on any atom is 0.137 e. The van der Waals surface area contributed by atoms with Crippen molar-refractivity contribution in [3.63, 3.8) is 0 Å². The summed E-state index contributed by atoms with van der Waals surface area (Å²) in [6.45, 7) is 2.57. The van der Waals surface area contributed by atoms with Crippen molar-refractivity contribution in [2.45, 2.75) is 44.7 Å². The lowest BCUT2D eigenvalue weighted by molar-refractivity contribution is 0.161. The van der Waals surface area contributed by atoms with Crippen LogP contribution in [-0.4, -0.2) is 32.4 Å². The number of pyridine rings is 2. The Labute approximate surface area is 168 Å². The quantitative estimate of drug-likeness (QED) is 0.576. The van der Waals surface area contributed by atoms with Crippen LogP contribution in [0, 0.1) is 0 Å². The van der Waals surface area contributed by atoms with Gasteiger partial charge in [0.2, 0.25) is 0 Å². The van der Waals surface area contributed by atoms with Crippen LogP contribution in [0.2, 0.25) is 0 Å². The number of imidazole rings is 1. The molecule has 0 aliphatic heterocycles. The van der Waals surface area contributed by atoms with Gasteiger partial charge in [-0.25, -0.2) is 4.98 Å². The number of unbranched alkanes of at least 4 members (excludes halogenated alkanes) is 1. The van der Waals surface area contributed by atoms with Crippen LogP contribution in [-0.2, 0) is 13.0 Å². The van der Waals surface area contributed by atoms with Crippen LogP contribution in [0.1, 0.15) is 48.7 Å². The minimum atomic E-state index is 0.351. The molecule has 0 bridgehead atoms. The van der Waals surface area contributed by atoms with Gasteiger partial charge in [0.05, 0.1) is 17.4 Å². The number of nitrogens with two attached hydrogens (primary N) is 1. The molecule has 1 unspecified atom stereocenters. The van der Waals surface area contributed by atoms with E-state index in [1.54, 1.807) is 0 Å². The molecule has 6 heteroatoms. The van der Waals surface area contributed by atoms with E-state index in [2.05, 4.69) is 37.4 Å². The zero-order valence-electron chi connectivity index (χ0n) is 15.5. The number of hydrogen-bond donors (Lipinski definition) is 1. The zero-order valence-corrected chi connectivity index (χ0v) is 17.1. The predicted molar refractivity (Wildman–Crippen MR) is 112 cm³/mol. The van der Waals surface area contributed by atoms with Crippen molar-refractivity contribution < 1.29 is 0 Å². The minimum absolute atomic E-state index is 0.351. The standard InChI is InChI=1S/C21H26BrN5/c22-21-17(25-19-10-1-3-14-27(19)21)15-26(13-4-2-11-23)18-9-5-7-16-8-6-12-24-20(16)18/h1,3,6,8,10,12,14,18H,2,4-5,7,9,11,13,15,23H2. The van der Waals surface area contributed by atoms with Crippen LogP contribution in [0.15, 0.2) is 47.3 Å². The summed E-state index contributed by atoms with van der Waals surface area (Å²) in [5.74, 6) is 0. The molecule has 1 aliphatic carbocycles. The Morgan fingerprint density at radius 3 is 3.00 bits per heavy atom. The van der Waals surface area contributed by atoms with Gasteiger partial charge in [-0.2, -0.15) is 0 Å². The summed E-state index contributed by atoms with van der Waals surface area (Å²) in [4.78, 5) is 12.2. The molecule has 142 valence electrons. The molecule has 1 aliphatic rings. The number of rotatable bonds is 7. The Hall–Kier alpha value is -1.76. The van der Waals surface area contributed by atoms with Crippen LogP contribution >= 0.6 is 15.9 Å². The van der Waals surface area contributed by atoms with E-state index in [1.807, 2.05) is 30.6 Å². The number of nitrogens with zero attached hydrogens (tertiary/aromatic N) is 4. The molecule has 0 amide bonds. The van der Waals surface area contributed by atoms with E-state index in [-0.39, 0.29) is 0 Å². The topological polar surface area (TPSA) is 59.5 Å². The smallest absolute Gasteiger partial charge is 0.137 e. The maximum absolute atomic E-state index is 5.74. The summed E-state index contributed by atoms with van der Waals surface area (Å²) in [6, 6.07) is 10.7. The lowest BCUT2D eigenvalue weighted by Gasteiger charge is -2.34. The van der Waals surface area contributed by atoms with Gasteiger partial charge >= 0.3 is 0 Å². The lowest BCUT2D eigenvalue weighted by atomic mass is 9.90. The molecule has 0 fully saturated rings. The molecule has 3 heterocycles. The van der Waals surface area contributed by atoms with Gasteiger partial charge < -0.3 is 5.73 Å². The molecule has 0 spiro atoms. The third-order valence-electron chi connectivity index (χ3n) is 5.40. The number of aryl methyl sites for hydroxylation is 1.